The van der Waals surface area contributed by atoms with Crippen LogP contribution in [0.15, 0.2) is 54.7 Å². The van der Waals surface area contributed by atoms with Crippen molar-refractivity contribution in [2.24, 2.45) is 0 Å². The molecule has 0 saturated carbocycles. The molecule has 0 aliphatic carbocycles. The number of halogens is 3. The number of carbonyl (C=O) groups excluding carboxylic acids is 2. The van der Waals surface area contributed by atoms with Crippen molar-refractivity contribution in [3.63, 3.8) is 0 Å². The number of amides is 2. The Hall–Kier alpha value is -2.54. The Bertz CT molecular complexity index is 1070. The smallest absolute Gasteiger partial charge is 0.274 e. The Morgan fingerprint density at radius 2 is 1.83 bits per heavy atom. The van der Waals surface area contributed by atoms with Gasteiger partial charge in [-0.15, -0.1) is 0 Å². The minimum absolute atomic E-state index is 0.129. The van der Waals surface area contributed by atoms with Crippen LogP contribution in [-0.2, 0) is 4.79 Å². The number of nitrogens with one attached hydrogen (secondary N) is 1. The summed E-state index contributed by atoms with van der Waals surface area (Å²) in [5, 5.41) is 8.41. The molecule has 1 N–H and O–H groups in total. The van der Waals surface area contributed by atoms with E-state index in [1.807, 2.05) is 13.0 Å². The molecule has 30 heavy (non-hydrogen) atoms. The molecular formula is C21H19Cl3N4O2. The second-order valence-corrected chi connectivity index (χ2v) is 7.80. The third-order valence-electron chi connectivity index (χ3n) is 4.20. The molecule has 1 aromatic heterocycles. The fourth-order valence-electron chi connectivity index (χ4n) is 2.84. The van der Waals surface area contributed by atoms with E-state index in [4.69, 9.17) is 34.8 Å². The molecule has 0 saturated heterocycles. The lowest BCUT2D eigenvalue weighted by molar-refractivity contribution is -0.116. The number of rotatable bonds is 7. The normalized spacial score (nSPS) is 10.7. The predicted octanol–water partition coefficient (Wildman–Crippen LogP) is 5.32. The van der Waals surface area contributed by atoms with Crippen molar-refractivity contribution in [3.8, 4) is 5.69 Å². The zero-order valence-electron chi connectivity index (χ0n) is 16.1. The van der Waals surface area contributed by atoms with E-state index in [1.165, 1.54) is 11.0 Å². The average molecular weight is 466 g/mol. The number of nitrogens with zero attached hydrogens (tertiary/aromatic N) is 3. The average Bonchev–Trinajstić information content (AvgIpc) is 3.19. The third kappa shape index (κ3) is 5.53. The standard InChI is InChI=1S/C21H19Cl3N4O2/c1-2-9-27(13-20(29)25-18-7-6-15(23)12-17(18)24)21(30)19-8-10-28(26-19)16-5-3-4-14(22)11-16/h3-8,10-12H,2,9,13H2,1H3,(H,25,29). The molecule has 2 amide bonds. The molecule has 0 aliphatic heterocycles. The van der Waals surface area contributed by atoms with Crippen molar-refractivity contribution in [1.82, 2.24) is 14.7 Å². The molecule has 9 heteroatoms. The Balaban J connectivity index is 1.72. The first kappa shape index (κ1) is 22.2. The molecule has 0 spiro atoms. The maximum absolute atomic E-state index is 12.9. The van der Waals surface area contributed by atoms with E-state index in [9.17, 15) is 9.59 Å². The van der Waals surface area contributed by atoms with Crippen molar-refractivity contribution in [2.75, 3.05) is 18.4 Å². The van der Waals surface area contributed by atoms with Gasteiger partial charge < -0.3 is 10.2 Å². The topological polar surface area (TPSA) is 67.2 Å². The lowest BCUT2D eigenvalue weighted by atomic mass is 10.3. The first-order chi connectivity index (χ1) is 14.4. The summed E-state index contributed by atoms with van der Waals surface area (Å²) < 4.78 is 1.57. The van der Waals surface area contributed by atoms with E-state index in [0.29, 0.717) is 33.7 Å². The van der Waals surface area contributed by atoms with Gasteiger partial charge in [0.25, 0.3) is 5.91 Å². The minimum atomic E-state index is -0.365. The summed E-state index contributed by atoms with van der Waals surface area (Å²) in [7, 11) is 0. The molecule has 3 aromatic rings. The molecule has 0 radical (unpaired) electrons. The Morgan fingerprint density at radius 1 is 1.07 bits per heavy atom. The Labute approximate surface area is 189 Å². The first-order valence-corrected chi connectivity index (χ1v) is 10.4. The van der Waals surface area contributed by atoms with Crippen LogP contribution in [0.1, 0.15) is 23.8 Å². The van der Waals surface area contributed by atoms with Gasteiger partial charge in [-0.1, -0.05) is 47.8 Å². The number of hydrogen-bond acceptors (Lipinski definition) is 3. The quantitative estimate of drug-likeness (QED) is 0.513. The van der Waals surface area contributed by atoms with Crippen LogP contribution >= 0.6 is 34.8 Å². The van der Waals surface area contributed by atoms with Gasteiger partial charge in [-0.2, -0.15) is 5.10 Å². The lowest BCUT2D eigenvalue weighted by Gasteiger charge is -2.20. The van der Waals surface area contributed by atoms with Crippen LogP contribution in [-0.4, -0.2) is 39.6 Å². The summed E-state index contributed by atoms with van der Waals surface area (Å²) in [5.74, 6) is -0.703. The van der Waals surface area contributed by atoms with Crippen LogP contribution in [0.5, 0.6) is 0 Å². The Kier molecular flexibility index (Phi) is 7.37. The van der Waals surface area contributed by atoms with Crippen LogP contribution < -0.4 is 5.32 Å². The van der Waals surface area contributed by atoms with Gasteiger partial charge in [0, 0.05) is 22.8 Å². The van der Waals surface area contributed by atoms with Crippen LogP contribution in [0, 0.1) is 0 Å². The highest BCUT2D eigenvalue weighted by molar-refractivity contribution is 6.36. The molecule has 0 unspecified atom stereocenters. The lowest BCUT2D eigenvalue weighted by Crippen LogP contribution is -2.38. The molecule has 0 bridgehead atoms. The second kappa shape index (κ2) is 9.98. The fraction of sp³-hybridized carbons (Fsp3) is 0.190. The highest BCUT2D eigenvalue weighted by atomic mass is 35.5. The monoisotopic (exact) mass is 464 g/mol. The van der Waals surface area contributed by atoms with Crippen LogP contribution in [0.2, 0.25) is 15.1 Å². The van der Waals surface area contributed by atoms with E-state index in [1.54, 1.807) is 47.3 Å². The minimum Gasteiger partial charge on any atom is -0.328 e. The molecule has 1 heterocycles. The highest BCUT2D eigenvalue weighted by Gasteiger charge is 2.21. The van der Waals surface area contributed by atoms with E-state index >= 15 is 0 Å². The zero-order valence-corrected chi connectivity index (χ0v) is 18.4. The molecule has 0 atom stereocenters. The van der Waals surface area contributed by atoms with Gasteiger partial charge in [-0.05, 0) is 48.9 Å². The van der Waals surface area contributed by atoms with Gasteiger partial charge in [-0.3, -0.25) is 9.59 Å². The zero-order chi connectivity index (χ0) is 21.7. The van der Waals surface area contributed by atoms with Crippen molar-refractivity contribution < 1.29 is 9.59 Å². The fourth-order valence-corrected chi connectivity index (χ4v) is 3.48. The molecular weight excluding hydrogens is 447 g/mol. The van der Waals surface area contributed by atoms with E-state index in [0.717, 1.165) is 5.69 Å². The van der Waals surface area contributed by atoms with Crippen molar-refractivity contribution >= 4 is 52.3 Å². The molecule has 156 valence electrons. The van der Waals surface area contributed by atoms with Crippen molar-refractivity contribution in [2.45, 2.75) is 13.3 Å². The predicted molar refractivity (Wildman–Crippen MR) is 120 cm³/mol. The maximum Gasteiger partial charge on any atom is 0.274 e. The maximum atomic E-state index is 12.9. The largest absolute Gasteiger partial charge is 0.328 e. The highest BCUT2D eigenvalue weighted by Crippen LogP contribution is 2.25. The second-order valence-electron chi connectivity index (χ2n) is 6.52. The molecule has 2 aromatic carbocycles. The summed E-state index contributed by atoms with van der Waals surface area (Å²) in [6.45, 7) is 2.21. The summed E-state index contributed by atoms with van der Waals surface area (Å²) in [4.78, 5) is 26.9. The summed E-state index contributed by atoms with van der Waals surface area (Å²) >= 11 is 18.0. The van der Waals surface area contributed by atoms with E-state index in [-0.39, 0.29) is 24.1 Å². The molecule has 6 nitrogen and oxygen atoms in total. The summed E-state index contributed by atoms with van der Waals surface area (Å²) in [6.07, 6.45) is 2.37. The first-order valence-electron chi connectivity index (χ1n) is 9.23. The number of carbonyl (C=O) groups is 2. The number of anilines is 1. The summed E-state index contributed by atoms with van der Waals surface area (Å²) in [6, 6.07) is 13.5. The van der Waals surface area contributed by atoms with Crippen molar-refractivity contribution in [3.05, 3.63) is 75.5 Å². The molecule has 0 aliphatic rings. The van der Waals surface area contributed by atoms with Crippen LogP contribution in [0.25, 0.3) is 5.69 Å². The van der Waals surface area contributed by atoms with Crippen LogP contribution in [0.4, 0.5) is 5.69 Å². The summed E-state index contributed by atoms with van der Waals surface area (Å²) in [5.41, 5.74) is 1.40. The van der Waals surface area contributed by atoms with Crippen LogP contribution in [0.3, 0.4) is 0 Å². The number of aromatic nitrogens is 2. The van der Waals surface area contributed by atoms with E-state index < -0.39 is 0 Å². The van der Waals surface area contributed by atoms with Gasteiger partial charge in [0.15, 0.2) is 5.69 Å². The third-order valence-corrected chi connectivity index (χ3v) is 4.98. The molecule has 0 fully saturated rings. The number of benzene rings is 2. The van der Waals surface area contributed by atoms with Crippen molar-refractivity contribution in [1.29, 1.82) is 0 Å². The van der Waals surface area contributed by atoms with Gasteiger partial charge in [0.1, 0.15) is 6.54 Å². The van der Waals surface area contributed by atoms with E-state index in [2.05, 4.69) is 10.4 Å². The SMILES string of the molecule is CCCN(CC(=O)Nc1ccc(Cl)cc1Cl)C(=O)c1ccn(-c2cccc(Cl)c2)n1. The van der Waals surface area contributed by atoms with Gasteiger partial charge in [0.2, 0.25) is 5.91 Å². The Morgan fingerprint density at radius 3 is 2.53 bits per heavy atom. The van der Waals surface area contributed by atoms with Gasteiger partial charge in [-0.25, -0.2) is 4.68 Å². The molecule has 3 rings (SSSR count). The van der Waals surface area contributed by atoms with Gasteiger partial charge >= 0.3 is 0 Å². The van der Waals surface area contributed by atoms with Gasteiger partial charge in [0.05, 0.1) is 16.4 Å². The number of hydrogen-bond donors (Lipinski definition) is 1.